The van der Waals surface area contributed by atoms with Crippen LogP contribution in [0.2, 0.25) is 0 Å². The van der Waals surface area contributed by atoms with Crippen molar-refractivity contribution in [1.82, 2.24) is 4.90 Å². The molecule has 114 valence electrons. The van der Waals surface area contributed by atoms with E-state index in [1.165, 1.54) is 0 Å². The van der Waals surface area contributed by atoms with Crippen LogP contribution in [0.15, 0.2) is 54.6 Å². The summed E-state index contributed by atoms with van der Waals surface area (Å²) in [6, 6.07) is 16.6. The molecule has 4 nitrogen and oxygen atoms in total. The molecule has 1 heterocycles. The largest absolute Gasteiger partial charge is 0.364 e. The molecule has 0 aliphatic carbocycles. The molecule has 2 amide bonds. The Hall–Kier alpha value is -2.90. The van der Waals surface area contributed by atoms with Crippen molar-refractivity contribution < 1.29 is 14.3 Å². The van der Waals surface area contributed by atoms with Gasteiger partial charge in [0.15, 0.2) is 0 Å². The molecular weight excluding hydrogens is 290 g/mol. The van der Waals surface area contributed by atoms with E-state index in [1.807, 2.05) is 30.3 Å². The number of amides is 2. The van der Waals surface area contributed by atoms with E-state index in [4.69, 9.17) is 4.74 Å². The van der Waals surface area contributed by atoms with E-state index < -0.39 is 0 Å². The molecule has 0 bridgehead atoms. The zero-order valence-corrected chi connectivity index (χ0v) is 12.5. The number of hydrogen-bond acceptors (Lipinski definition) is 3. The summed E-state index contributed by atoms with van der Waals surface area (Å²) in [5, 5.41) is 0. The molecule has 2 aromatic rings. The molecule has 1 aliphatic rings. The van der Waals surface area contributed by atoms with Gasteiger partial charge in [0.2, 0.25) is 0 Å². The highest BCUT2D eigenvalue weighted by Crippen LogP contribution is 2.21. The molecule has 0 unspecified atom stereocenters. The van der Waals surface area contributed by atoms with Gasteiger partial charge in [-0.15, -0.1) is 0 Å². The molecule has 2 aromatic carbocycles. The van der Waals surface area contributed by atoms with E-state index >= 15 is 0 Å². The third-order valence-corrected chi connectivity index (χ3v) is 3.53. The number of carbonyl (C=O) groups excluding carboxylic acids is 2. The molecule has 0 fully saturated rings. The zero-order valence-electron chi connectivity index (χ0n) is 12.5. The van der Waals surface area contributed by atoms with Crippen molar-refractivity contribution in [2.24, 2.45) is 0 Å². The predicted octanol–water partition coefficient (Wildman–Crippen LogP) is 2.50. The van der Waals surface area contributed by atoms with Crippen LogP contribution in [-0.4, -0.2) is 29.9 Å². The maximum Gasteiger partial charge on any atom is 0.262 e. The summed E-state index contributed by atoms with van der Waals surface area (Å²) in [7, 11) is 0. The predicted molar refractivity (Wildman–Crippen MR) is 85.7 cm³/mol. The Bertz CT molecular complexity index is 752. The number of ether oxygens (including phenoxy) is 1. The molecule has 3 rings (SSSR count). The first kappa shape index (κ1) is 15.0. The maximum atomic E-state index is 12.1. The van der Waals surface area contributed by atoms with Gasteiger partial charge in [-0.05, 0) is 17.7 Å². The summed E-state index contributed by atoms with van der Waals surface area (Å²) in [6.45, 7) is 0.835. The van der Waals surface area contributed by atoms with Crippen molar-refractivity contribution in [3.8, 4) is 11.8 Å². The second-order valence-electron chi connectivity index (χ2n) is 5.07. The van der Waals surface area contributed by atoms with Crippen LogP contribution in [0.3, 0.4) is 0 Å². The first-order valence-corrected chi connectivity index (χ1v) is 7.30. The summed E-state index contributed by atoms with van der Waals surface area (Å²) in [5.74, 6) is 5.08. The Morgan fingerprint density at radius 3 is 2.09 bits per heavy atom. The normalized spacial score (nSPS) is 12.8. The van der Waals surface area contributed by atoms with Crippen LogP contribution in [0.4, 0.5) is 0 Å². The van der Waals surface area contributed by atoms with Crippen molar-refractivity contribution in [3.63, 3.8) is 0 Å². The number of benzene rings is 2. The van der Waals surface area contributed by atoms with Crippen LogP contribution in [0.25, 0.3) is 0 Å². The van der Waals surface area contributed by atoms with E-state index in [0.717, 1.165) is 10.5 Å². The lowest BCUT2D eigenvalue weighted by Crippen LogP contribution is -2.30. The SMILES string of the molecule is O=C1c2ccccc2C(=O)N1CC#CCOCc1ccccc1. The highest BCUT2D eigenvalue weighted by Gasteiger charge is 2.34. The topological polar surface area (TPSA) is 46.6 Å². The standard InChI is InChI=1S/C19H15NO3/c21-18-16-10-4-5-11-17(16)19(22)20(18)12-6-7-13-23-14-15-8-2-1-3-9-15/h1-5,8-11H,12-14H2. The average Bonchev–Trinajstić information content (AvgIpc) is 2.84. The van der Waals surface area contributed by atoms with E-state index in [1.54, 1.807) is 24.3 Å². The Morgan fingerprint density at radius 2 is 1.43 bits per heavy atom. The van der Waals surface area contributed by atoms with E-state index in [2.05, 4.69) is 11.8 Å². The molecule has 0 saturated heterocycles. The molecule has 1 aliphatic heterocycles. The number of fused-ring (bicyclic) bond motifs is 1. The van der Waals surface area contributed by atoms with Crippen LogP contribution in [0.1, 0.15) is 26.3 Å². The van der Waals surface area contributed by atoms with Gasteiger partial charge in [0, 0.05) is 0 Å². The fourth-order valence-electron chi connectivity index (χ4n) is 2.36. The minimum atomic E-state index is -0.287. The number of imide groups is 1. The van der Waals surface area contributed by atoms with Gasteiger partial charge in [-0.25, -0.2) is 0 Å². The summed E-state index contributed by atoms with van der Waals surface area (Å²) in [6.07, 6.45) is 0. The third-order valence-electron chi connectivity index (χ3n) is 3.53. The highest BCUT2D eigenvalue weighted by molar-refractivity contribution is 6.21. The first-order valence-electron chi connectivity index (χ1n) is 7.30. The van der Waals surface area contributed by atoms with E-state index in [-0.39, 0.29) is 25.0 Å². The lowest BCUT2D eigenvalue weighted by atomic mass is 10.1. The van der Waals surface area contributed by atoms with E-state index in [0.29, 0.717) is 17.7 Å². The van der Waals surface area contributed by atoms with Crippen molar-refractivity contribution in [2.45, 2.75) is 6.61 Å². The summed E-state index contributed by atoms with van der Waals surface area (Å²) in [4.78, 5) is 25.4. The van der Waals surface area contributed by atoms with Gasteiger partial charge in [0.1, 0.15) is 6.61 Å². The molecule has 0 atom stereocenters. The summed E-state index contributed by atoms with van der Waals surface area (Å²) in [5.41, 5.74) is 1.97. The lowest BCUT2D eigenvalue weighted by molar-refractivity contribution is 0.0674. The molecule has 0 radical (unpaired) electrons. The van der Waals surface area contributed by atoms with Crippen molar-refractivity contribution in [2.75, 3.05) is 13.2 Å². The molecular formula is C19H15NO3. The molecule has 0 spiro atoms. The van der Waals surface area contributed by atoms with Gasteiger partial charge in [-0.3, -0.25) is 14.5 Å². The molecule has 0 N–H and O–H groups in total. The van der Waals surface area contributed by atoms with Crippen LogP contribution in [-0.2, 0) is 11.3 Å². The van der Waals surface area contributed by atoms with Gasteiger partial charge < -0.3 is 4.74 Å². The summed E-state index contributed by atoms with van der Waals surface area (Å²) >= 11 is 0. The lowest BCUT2D eigenvalue weighted by Gasteiger charge is -2.08. The Kier molecular flexibility index (Phi) is 4.51. The van der Waals surface area contributed by atoms with Gasteiger partial charge >= 0.3 is 0 Å². The van der Waals surface area contributed by atoms with Crippen molar-refractivity contribution in [1.29, 1.82) is 0 Å². The smallest absolute Gasteiger partial charge is 0.262 e. The Balaban J connectivity index is 1.50. The van der Waals surface area contributed by atoms with Crippen molar-refractivity contribution in [3.05, 3.63) is 71.3 Å². The Morgan fingerprint density at radius 1 is 0.826 bits per heavy atom. The Labute approximate surface area is 134 Å². The minimum Gasteiger partial charge on any atom is -0.364 e. The second-order valence-corrected chi connectivity index (χ2v) is 5.07. The van der Waals surface area contributed by atoms with Crippen LogP contribution in [0.5, 0.6) is 0 Å². The fraction of sp³-hybridized carbons (Fsp3) is 0.158. The maximum absolute atomic E-state index is 12.1. The van der Waals surface area contributed by atoms with Gasteiger partial charge in [0.05, 0.1) is 24.3 Å². The van der Waals surface area contributed by atoms with Crippen LogP contribution < -0.4 is 0 Å². The van der Waals surface area contributed by atoms with Crippen LogP contribution >= 0.6 is 0 Å². The molecule has 0 saturated carbocycles. The third kappa shape index (κ3) is 3.31. The molecule has 23 heavy (non-hydrogen) atoms. The fourth-order valence-corrected chi connectivity index (χ4v) is 2.36. The number of rotatable bonds is 4. The highest BCUT2D eigenvalue weighted by atomic mass is 16.5. The number of hydrogen-bond donors (Lipinski definition) is 0. The average molecular weight is 305 g/mol. The van der Waals surface area contributed by atoms with Crippen LogP contribution in [0, 0.1) is 11.8 Å². The van der Waals surface area contributed by atoms with E-state index in [9.17, 15) is 9.59 Å². The number of nitrogens with zero attached hydrogens (tertiary/aromatic N) is 1. The second kappa shape index (κ2) is 6.91. The van der Waals surface area contributed by atoms with Gasteiger partial charge in [0.25, 0.3) is 11.8 Å². The summed E-state index contributed by atoms with van der Waals surface area (Å²) < 4.78 is 5.44. The quantitative estimate of drug-likeness (QED) is 0.495. The zero-order chi connectivity index (χ0) is 16.1. The molecule has 4 heteroatoms. The number of carbonyl (C=O) groups is 2. The minimum absolute atomic E-state index is 0.0844. The van der Waals surface area contributed by atoms with Crippen molar-refractivity contribution >= 4 is 11.8 Å². The first-order chi connectivity index (χ1) is 11.3. The monoisotopic (exact) mass is 305 g/mol. The van der Waals surface area contributed by atoms with Gasteiger partial charge in [-0.2, -0.15) is 0 Å². The molecule has 0 aromatic heterocycles. The van der Waals surface area contributed by atoms with Gasteiger partial charge in [-0.1, -0.05) is 54.3 Å².